The first-order valence-electron chi connectivity index (χ1n) is 5.87. The monoisotopic (exact) mass is 372 g/mol. The number of halogens is 1. The summed E-state index contributed by atoms with van der Waals surface area (Å²) in [6.07, 6.45) is 0.340. The van der Waals surface area contributed by atoms with E-state index in [0.29, 0.717) is 24.3 Å². The number of rotatable bonds is 6. The van der Waals surface area contributed by atoms with Gasteiger partial charge < -0.3 is 5.32 Å². The quantitative estimate of drug-likeness (QED) is 0.765. The minimum atomic E-state index is -0.0502. The lowest BCUT2D eigenvalue weighted by Crippen LogP contribution is -2.25. The summed E-state index contributed by atoms with van der Waals surface area (Å²) in [4.78, 5) is 12.7. The van der Waals surface area contributed by atoms with Crippen molar-refractivity contribution in [2.45, 2.75) is 13.0 Å². The average Bonchev–Trinajstić information content (AvgIpc) is 3.03. The van der Waals surface area contributed by atoms with E-state index in [4.69, 9.17) is 12.2 Å². The minimum Gasteiger partial charge on any atom is -0.351 e. The summed E-state index contributed by atoms with van der Waals surface area (Å²) in [6.45, 7) is 4.58. The molecule has 5 nitrogen and oxygen atoms in total. The second-order valence-corrected chi connectivity index (χ2v) is 6.48. The van der Waals surface area contributed by atoms with E-state index in [1.54, 1.807) is 11.3 Å². The van der Waals surface area contributed by atoms with Crippen LogP contribution in [0.2, 0.25) is 0 Å². The number of thiophene rings is 1. The van der Waals surface area contributed by atoms with Gasteiger partial charge in [-0.1, -0.05) is 28.6 Å². The number of hydrogen-bond donors (Lipinski definition) is 2. The van der Waals surface area contributed by atoms with Crippen LogP contribution >= 0.6 is 39.5 Å². The van der Waals surface area contributed by atoms with Gasteiger partial charge in [-0.3, -0.25) is 14.5 Å². The Morgan fingerprint density at radius 1 is 1.65 bits per heavy atom. The lowest BCUT2D eigenvalue weighted by molar-refractivity contribution is -0.121. The maximum absolute atomic E-state index is 11.7. The molecule has 0 aromatic carbocycles. The molecule has 0 bridgehead atoms. The van der Waals surface area contributed by atoms with Crippen LogP contribution in [0.4, 0.5) is 0 Å². The lowest BCUT2D eigenvalue weighted by atomic mass is 10.3. The van der Waals surface area contributed by atoms with Crippen LogP contribution in [0.3, 0.4) is 0 Å². The number of amides is 1. The number of H-pyrrole nitrogens is 1. The van der Waals surface area contributed by atoms with E-state index in [2.05, 4.69) is 38.0 Å². The third kappa shape index (κ3) is 3.87. The Balaban J connectivity index is 2.03. The maximum Gasteiger partial charge on any atom is 0.222 e. The van der Waals surface area contributed by atoms with Gasteiger partial charge in [0.15, 0.2) is 10.6 Å². The van der Waals surface area contributed by atoms with E-state index in [-0.39, 0.29) is 5.91 Å². The molecule has 0 saturated heterocycles. The van der Waals surface area contributed by atoms with Crippen LogP contribution in [0.25, 0.3) is 10.7 Å². The summed E-state index contributed by atoms with van der Waals surface area (Å²) in [6, 6.07) is 3.93. The van der Waals surface area contributed by atoms with Gasteiger partial charge in [-0.15, -0.1) is 11.3 Å². The highest BCUT2D eigenvalue weighted by molar-refractivity contribution is 9.11. The predicted octanol–water partition coefficient (Wildman–Crippen LogP) is 3.08. The molecule has 20 heavy (non-hydrogen) atoms. The smallest absolute Gasteiger partial charge is 0.222 e. The van der Waals surface area contributed by atoms with Gasteiger partial charge in [0.2, 0.25) is 5.91 Å². The number of nitrogens with zero attached hydrogens (tertiary/aromatic N) is 2. The molecule has 8 heteroatoms. The molecule has 2 rings (SSSR count). The summed E-state index contributed by atoms with van der Waals surface area (Å²) in [5, 5.41) is 11.7. The van der Waals surface area contributed by atoms with E-state index < -0.39 is 0 Å². The van der Waals surface area contributed by atoms with Gasteiger partial charge in [-0.05, 0) is 23.7 Å². The highest BCUT2D eigenvalue weighted by Gasteiger charge is 2.11. The van der Waals surface area contributed by atoms with E-state index in [1.807, 2.05) is 22.1 Å². The van der Waals surface area contributed by atoms with Gasteiger partial charge in [-0.25, -0.2) is 0 Å². The molecule has 0 atom stereocenters. The highest BCUT2D eigenvalue weighted by atomic mass is 79.9. The average molecular weight is 373 g/mol. The molecule has 0 aliphatic carbocycles. The molecule has 2 aromatic heterocycles. The zero-order valence-electron chi connectivity index (χ0n) is 10.6. The topological polar surface area (TPSA) is 62.7 Å². The summed E-state index contributed by atoms with van der Waals surface area (Å²) >= 11 is 9.98. The Kier molecular flexibility index (Phi) is 5.27. The van der Waals surface area contributed by atoms with Crippen molar-refractivity contribution >= 4 is 45.4 Å². The Morgan fingerprint density at radius 2 is 2.45 bits per heavy atom. The molecule has 0 unspecified atom stereocenters. The number of hydrogen-bond acceptors (Lipinski definition) is 4. The van der Waals surface area contributed by atoms with Crippen molar-refractivity contribution in [2.24, 2.45) is 0 Å². The number of nitrogens with one attached hydrogen (secondary N) is 2. The summed E-state index contributed by atoms with van der Waals surface area (Å²) < 4.78 is 3.10. The zero-order valence-corrected chi connectivity index (χ0v) is 13.8. The summed E-state index contributed by atoms with van der Waals surface area (Å²) in [5.74, 6) is 0.716. The third-order valence-corrected chi connectivity index (χ3v) is 4.00. The van der Waals surface area contributed by atoms with Gasteiger partial charge in [-0.2, -0.15) is 5.10 Å². The first kappa shape index (κ1) is 15.1. The molecule has 1 amide bonds. The molecule has 2 N–H and O–H groups in total. The first-order valence-corrected chi connectivity index (χ1v) is 7.95. The van der Waals surface area contributed by atoms with Crippen LogP contribution in [0.15, 0.2) is 28.6 Å². The van der Waals surface area contributed by atoms with Gasteiger partial charge in [0.1, 0.15) is 0 Å². The molecule has 0 fully saturated rings. The number of aromatic amines is 1. The zero-order chi connectivity index (χ0) is 14.5. The molecule has 0 aliphatic rings. The fourth-order valence-corrected chi connectivity index (χ4v) is 2.70. The fourth-order valence-electron chi connectivity index (χ4n) is 1.62. The van der Waals surface area contributed by atoms with E-state index in [9.17, 15) is 4.79 Å². The molecular formula is C12H13BrN4OS2. The second kappa shape index (κ2) is 6.96. The Bertz CT molecular complexity index is 659. The Morgan fingerprint density at radius 3 is 3.10 bits per heavy atom. The lowest BCUT2D eigenvalue weighted by Gasteiger charge is -2.06. The molecule has 106 valence electrons. The largest absolute Gasteiger partial charge is 0.351 e. The SMILES string of the molecule is C=C(Br)CNC(=O)CCn1c(-c2cccs2)n[nH]c1=S. The van der Waals surface area contributed by atoms with Crippen LogP contribution < -0.4 is 5.32 Å². The van der Waals surface area contributed by atoms with Gasteiger partial charge >= 0.3 is 0 Å². The molecule has 0 spiro atoms. The Hall–Kier alpha value is -1.25. The molecule has 2 heterocycles. The standard InChI is InChI=1S/C12H13BrN4OS2/c1-8(13)7-14-10(18)4-5-17-11(15-16-12(17)19)9-3-2-6-20-9/h2-3,6H,1,4-5,7H2,(H,14,18)(H,16,19). The summed E-state index contributed by atoms with van der Waals surface area (Å²) in [5.41, 5.74) is 0. The first-order chi connectivity index (χ1) is 9.58. The number of carbonyl (C=O) groups is 1. The molecule has 0 radical (unpaired) electrons. The van der Waals surface area contributed by atoms with Crippen molar-refractivity contribution in [2.75, 3.05) is 6.54 Å². The van der Waals surface area contributed by atoms with Crippen molar-refractivity contribution in [3.05, 3.63) is 33.3 Å². The van der Waals surface area contributed by atoms with Crippen molar-refractivity contribution in [1.29, 1.82) is 0 Å². The molecular weight excluding hydrogens is 360 g/mol. The van der Waals surface area contributed by atoms with E-state index in [0.717, 1.165) is 15.2 Å². The van der Waals surface area contributed by atoms with E-state index in [1.165, 1.54) is 0 Å². The van der Waals surface area contributed by atoms with Crippen LogP contribution in [0.1, 0.15) is 6.42 Å². The maximum atomic E-state index is 11.7. The second-order valence-electron chi connectivity index (χ2n) is 4.03. The number of carbonyl (C=O) groups excluding carboxylic acids is 1. The van der Waals surface area contributed by atoms with E-state index >= 15 is 0 Å². The van der Waals surface area contributed by atoms with Crippen molar-refractivity contribution in [3.8, 4) is 10.7 Å². The van der Waals surface area contributed by atoms with Crippen LogP contribution in [0.5, 0.6) is 0 Å². The van der Waals surface area contributed by atoms with Gasteiger partial charge in [0.25, 0.3) is 0 Å². The normalized spacial score (nSPS) is 10.4. The number of aromatic nitrogens is 3. The minimum absolute atomic E-state index is 0.0502. The van der Waals surface area contributed by atoms with Crippen molar-refractivity contribution in [3.63, 3.8) is 0 Å². The van der Waals surface area contributed by atoms with Crippen molar-refractivity contribution in [1.82, 2.24) is 20.1 Å². The fraction of sp³-hybridized carbons (Fsp3) is 0.250. The molecule has 2 aromatic rings. The van der Waals surface area contributed by atoms with Crippen molar-refractivity contribution < 1.29 is 4.79 Å². The van der Waals surface area contributed by atoms with Crippen LogP contribution in [-0.2, 0) is 11.3 Å². The third-order valence-electron chi connectivity index (χ3n) is 2.54. The highest BCUT2D eigenvalue weighted by Crippen LogP contribution is 2.22. The van der Waals surface area contributed by atoms with Crippen LogP contribution in [-0.4, -0.2) is 27.2 Å². The molecule has 0 aliphatic heterocycles. The van der Waals surface area contributed by atoms with Gasteiger partial charge in [0.05, 0.1) is 4.88 Å². The van der Waals surface area contributed by atoms with Crippen LogP contribution in [0, 0.1) is 4.77 Å². The summed E-state index contributed by atoms with van der Waals surface area (Å²) in [7, 11) is 0. The van der Waals surface area contributed by atoms with Gasteiger partial charge in [0, 0.05) is 24.0 Å². The molecule has 0 saturated carbocycles. The Labute approximate surface area is 133 Å². The predicted molar refractivity (Wildman–Crippen MR) is 86.4 cm³/mol.